The molecule has 0 aliphatic rings. The van der Waals surface area contributed by atoms with Crippen molar-refractivity contribution in [1.29, 1.82) is 0 Å². The number of rotatable bonds is 4. The molecule has 0 saturated carbocycles. The number of thiocarbonyl (C=S) groups is 1. The second kappa shape index (κ2) is 7.73. The molecule has 2 aromatic rings. The van der Waals surface area contributed by atoms with E-state index in [4.69, 9.17) is 12.2 Å². The number of hydrogen-bond donors (Lipinski definition) is 3. The third-order valence-electron chi connectivity index (χ3n) is 3.28. The second-order valence-corrected chi connectivity index (χ2v) is 5.80. The molecule has 1 amide bonds. The number of hydrogen-bond acceptors (Lipinski definition) is 3. The first-order valence-electron chi connectivity index (χ1n) is 7.37. The number of aryl methyl sites for hydroxylation is 4. The Kier molecular flexibility index (Phi) is 5.70. The maximum Gasteiger partial charge on any atom is 0.240 e. The fraction of sp³-hybridized carbons (Fsp3) is 0.312. The highest BCUT2D eigenvalue weighted by atomic mass is 32.1. The average Bonchev–Trinajstić information content (AvgIpc) is 2.83. The van der Waals surface area contributed by atoms with Crippen LogP contribution in [0.4, 0.5) is 5.69 Å². The lowest BCUT2D eigenvalue weighted by atomic mass is 10.2. The lowest BCUT2D eigenvalue weighted by Gasteiger charge is -2.12. The minimum Gasteiger partial charge on any atom is -0.331 e. The molecule has 0 unspecified atom stereocenters. The highest BCUT2D eigenvalue weighted by Gasteiger charge is 2.06. The first-order chi connectivity index (χ1) is 10.9. The van der Waals surface area contributed by atoms with Gasteiger partial charge in [-0.05, 0) is 51.2 Å². The van der Waals surface area contributed by atoms with Crippen molar-refractivity contribution in [2.75, 3.05) is 5.32 Å². The number of carbonyl (C=O) groups is 1. The van der Waals surface area contributed by atoms with E-state index in [1.165, 1.54) is 5.56 Å². The van der Waals surface area contributed by atoms with Crippen molar-refractivity contribution in [1.82, 2.24) is 20.6 Å². The van der Waals surface area contributed by atoms with Crippen LogP contribution in [-0.4, -0.2) is 20.8 Å². The Morgan fingerprint density at radius 1 is 1.17 bits per heavy atom. The first kappa shape index (κ1) is 17.0. The zero-order chi connectivity index (χ0) is 16.8. The van der Waals surface area contributed by atoms with E-state index < -0.39 is 0 Å². The summed E-state index contributed by atoms with van der Waals surface area (Å²) in [7, 11) is 0. The van der Waals surface area contributed by atoms with Crippen molar-refractivity contribution in [3.8, 4) is 0 Å². The molecule has 7 heteroatoms. The molecule has 122 valence electrons. The monoisotopic (exact) mass is 331 g/mol. The van der Waals surface area contributed by atoms with Gasteiger partial charge in [0.2, 0.25) is 5.91 Å². The van der Waals surface area contributed by atoms with E-state index in [0.29, 0.717) is 18.1 Å². The van der Waals surface area contributed by atoms with Crippen LogP contribution in [0.5, 0.6) is 0 Å². The molecular weight excluding hydrogens is 310 g/mol. The number of nitrogens with one attached hydrogen (secondary N) is 3. The summed E-state index contributed by atoms with van der Waals surface area (Å²) in [5.41, 5.74) is 9.30. The van der Waals surface area contributed by atoms with Crippen molar-refractivity contribution in [2.45, 2.75) is 33.7 Å². The Morgan fingerprint density at radius 2 is 1.87 bits per heavy atom. The first-order valence-corrected chi connectivity index (χ1v) is 7.78. The fourth-order valence-electron chi connectivity index (χ4n) is 2.10. The minimum atomic E-state index is -0.148. The molecule has 0 aliphatic heterocycles. The van der Waals surface area contributed by atoms with E-state index in [1.807, 2.05) is 55.8 Å². The van der Waals surface area contributed by atoms with Crippen molar-refractivity contribution in [2.24, 2.45) is 0 Å². The smallest absolute Gasteiger partial charge is 0.240 e. The molecule has 0 atom stereocenters. The third kappa shape index (κ3) is 5.37. The average molecular weight is 331 g/mol. The van der Waals surface area contributed by atoms with Crippen LogP contribution in [0, 0.1) is 20.8 Å². The van der Waals surface area contributed by atoms with Crippen LogP contribution in [0.3, 0.4) is 0 Å². The van der Waals surface area contributed by atoms with Crippen LogP contribution in [0.1, 0.15) is 23.4 Å². The number of aromatic nitrogens is 2. The maximum atomic E-state index is 11.8. The molecular formula is C16H21N5OS. The molecule has 1 heterocycles. The molecule has 23 heavy (non-hydrogen) atoms. The Hall–Kier alpha value is -2.41. The van der Waals surface area contributed by atoms with Crippen LogP contribution in [0.2, 0.25) is 0 Å². The summed E-state index contributed by atoms with van der Waals surface area (Å²) in [6.45, 7) is 6.45. The van der Waals surface area contributed by atoms with Crippen molar-refractivity contribution >= 4 is 28.9 Å². The molecule has 0 fully saturated rings. The number of hydrazine groups is 1. The Morgan fingerprint density at radius 3 is 2.48 bits per heavy atom. The van der Waals surface area contributed by atoms with E-state index in [-0.39, 0.29) is 5.91 Å². The lowest BCUT2D eigenvalue weighted by Crippen LogP contribution is -2.44. The molecule has 1 aromatic heterocycles. The number of anilines is 1. The van der Waals surface area contributed by atoms with Gasteiger partial charge < -0.3 is 5.32 Å². The standard InChI is InChI=1S/C16H21N5OS/c1-11-4-6-14(7-5-11)17-16(23)19-18-15(22)8-9-21-13(3)10-12(2)20-21/h4-7,10H,8-9H2,1-3H3,(H,18,22)(H2,17,19,23). The van der Waals surface area contributed by atoms with Crippen LogP contribution in [0.25, 0.3) is 0 Å². The Bertz CT molecular complexity index is 693. The van der Waals surface area contributed by atoms with Gasteiger partial charge in [0.05, 0.1) is 12.2 Å². The zero-order valence-electron chi connectivity index (χ0n) is 13.5. The largest absolute Gasteiger partial charge is 0.331 e. The second-order valence-electron chi connectivity index (χ2n) is 5.39. The Balaban J connectivity index is 1.72. The van der Waals surface area contributed by atoms with Crippen LogP contribution in [-0.2, 0) is 11.3 Å². The SMILES string of the molecule is Cc1ccc(NC(=S)NNC(=O)CCn2nc(C)cc2C)cc1. The molecule has 0 saturated heterocycles. The quantitative estimate of drug-likeness (QED) is 0.592. The van der Waals surface area contributed by atoms with Gasteiger partial charge in [-0.15, -0.1) is 0 Å². The summed E-state index contributed by atoms with van der Waals surface area (Å²) in [4.78, 5) is 11.8. The molecule has 0 spiro atoms. The predicted molar refractivity (Wildman–Crippen MR) is 95.0 cm³/mol. The summed E-state index contributed by atoms with van der Waals surface area (Å²) in [6, 6.07) is 9.80. The maximum absolute atomic E-state index is 11.8. The van der Waals surface area contributed by atoms with Gasteiger partial charge in [0.25, 0.3) is 0 Å². The molecule has 0 aliphatic carbocycles. The van der Waals surface area contributed by atoms with Crippen molar-refractivity contribution in [3.63, 3.8) is 0 Å². The van der Waals surface area contributed by atoms with Crippen LogP contribution >= 0.6 is 12.2 Å². The lowest BCUT2D eigenvalue weighted by molar-refractivity contribution is -0.121. The highest BCUT2D eigenvalue weighted by Crippen LogP contribution is 2.08. The van der Waals surface area contributed by atoms with Gasteiger partial charge in [0.1, 0.15) is 0 Å². The number of carbonyl (C=O) groups excluding carboxylic acids is 1. The van der Waals surface area contributed by atoms with Gasteiger partial charge in [-0.2, -0.15) is 5.10 Å². The van der Waals surface area contributed by atoms with Gasteiger partial charge in [-0.25, -0.2) is 0 Å². The summed E-state index contributed by atoms with van der Waals surface area (Å²) in [5, 5.41) is 7.66. The molecule has 1 aromatic carbocycles. The summed E-state index contributed by atoms with van der Waals surface area (Å²) < 4.78 is 1.82. The number of benzene rings is 1. The molecule has 0 radical (unpaired) electrons. The fourth-order valence-corrected chi connectivity index (χ4v) is 2.27. The van der Waals surface area contributed by atoms with Gasteiger partial charge >= 0.3 is 0 Å². The van der Waals surface area contributed by atoms with E-state index >= 15 is 0 Å². The topological polar surface area (TPSA) is 71.0 Å². The van der Waals surface area contributed by atoms with Crippen LogP contribution in [0.15, 0.2) is 30.3 Å². The highest BCUT2D eigenvalue weighted by molar-refractivity contribution is 7.80. The van der Waals surface area contributed by atoms with E-state index in [0.717, 1.165) is 17.1 Å². The third-order valence-corrected chi connectivity index (χ3v) is 3.48. The van der Waals surface area contributed by atoms with E-state index in [9.17, 15) is 4.79 Å². The summed E-state index contributed by atoms with van der Waals surface area (Å²) in [5.74, 6) is -0.148. The van der Waals surface area contributed by atoms with Crippen molar-refractivity contribution < 1.29 is 4.79 Å². The molecule has 2 rings (SSSR count). The molecule has 6 nitrogen and oxygen atoms in total. The number of nitrogens with zero attached hydrogens (tertiary/aromatic N) is 2. The van der Waals surface area contributed by atoms with Gasteiger partial charge in [-0.1, -0.05) is 17.7 Å². The summed E-state index contributed by atoms with van der Waals surface area (Å²) >= 11 is 5.13. The van der Waals surface area contributed by atoms with E-state index in [1.54, 1.807) is 0 Å². The van der Waals surface area contributed by atoms with Gasteiger partial charge in [-0.3, -0.25) is 20.3 Å². The predicted octanol–water partition coefficient (Wildman–Crippen LogP) is 2.22. The summed E-state index contributed by atoms with van der Waals surface area (Å²) in [6.07, 6.45) is 0.322. The van der Waals surface area contributed by atoms with Gasteiger partial charge in [0, 0.05) is 17.8 Å². The number of amides is 1. The minimum absolute atomic E-state index is 0.148. The Labute approximate surface area is 141 Å². The zero-order valence-corrected chi connectivity index (χ0v) is 14.3. The van der Waals surface area contributed by atoms with Crippen LogP contribution < -0.4 is 16.2 Å². The van der Waals surface area contributed by atoms with Gasteiger partial charge in [0.15, 0.2) is 5.11 Å². The normalized spacial score (nSPS) is 10.2. The van der Waals surface area contributed by atoms with Crippen molar-refractivity contribution in [3.05, 3.63) is 47.3 Å². The van der Waals surface area contributed by atoms with E-state index in [2.05, 4.69) is 21.3 Å². The molecule has 3 N–H and O–H groups in total. The molecule has 0 bridgehead atoms.